The maximum atomic E-state index is 13.0. The van der Waals surface area contributed by atoms with E-state index in [1.807, 2.05) is 36.4 Å². The zero-order valence-corrected chi connectivity index (χ0v) is 16.6. The molecule has 29 heavy (non-hydrogen) atoms. The third-order valence-corrected chi connectivity index (χ3v) is 6.20. The number of benzene rings is 3. The summed E-state index contributed by atoms with van der Waals surface area (Å²) in [7, 11) is -2.34. The molecule has 1 aliphatic rings. The molecule has 1 amide bonds. The molecule has 4 rings (SSSR count). The van der Waals surface area contributed by atoms with Crippen molar-refractivity contribution in [1.29, 1.82) is 0 Å². The number of amides is 1. The van der Waals surface area contributed by atoms with Gasteiger partial charge >= 0.3 is 0 Å². The third-order valence-electron chi connectivity index (χ3n) is 4.83. The lowest BCUT2D eigenvalue weighted by Gasteiger charge is -2.18. The minimum absolute atomic E-state index is 0.0614. The van der Waals surface area contributed by atoms with E-state index >= 15 is 0 Å². The fourth-order valence-corrected chi connectivity index (χ4v) is 4.44. The maximum absolute atomic E-state index is 13.0. The zero-order chi connectivity index (χ0) is 20.4. The SMILES string of the molecule is COc1ccc(-c2ccccc2)cc1NS(=O)(=O)c1ccc2c(c1)CCC(=O)N2. The Labute approximate surface area is 169 Å². The molecular formula is C22H20N2O4S. The van der Waals surface area contributed by atoms with Crippen molar-refractivity contribution in [1.82, 2.24) is 0 Å². The lowest BCUT2D eigenvalue weighted by atomic mass is 10.0. The normalized spacial score (nSPS) is 13.3. The van der Waals surface area contributed by atoms with Gasteiger partial charge in [0.2, 0.25) is 5.91 Å². The smallest absolute Gasteiger partial charge is 0.262 e. The molecule has 3 aromatic rings. The Hall–Kier alpha value is -3.32. The summed E-state index contributed by atoms with van der Waals surface area (Å²) in [5.74, 6) is 0.368. The van der Waals surface area contributed by atoms with Gasteiger partial charge < -0.3 is 10.1 Å². The summed E-state index contributed by atoms with van der Waals surface area (Å²) in [6.45, 7) is 0. The summed E-state index contributed by atoms with van der Waals surface area (Å²) < 4.78 is 34.0. The van der Waals surface area contributed by atoms with Gasteiger partial charge in [-0.05, 0) is 53.4 Å². The van der Waals surface area contributed by atoms with Gasteiger partial charge in [0.1, 0.15) is 5.75 Å². The molecule has 0 fully saturated rings. The second kappa shape index (κ2) is 7.60. The topological polar surface area (TPSA) is 84.5 Å². The van der Waals surface area contributed by atoms with E-state index in [9.17, 15) is 13.2 Å². The predicted octanol–water partition coefficient (Wildman–Crippen LogP) is 4.05. The van der Waals surface area contributed by atoms with Crippen LogP contribution in [0.3, 0.4) is 0 Å². The van der Waals surface area contributed by atoms with E-state index in [0.717, 1.165) is 16.7 Å². The lowest BCUT2D eigenvalue weighted by Crippen LogP contribution is -2.20. The van der Waals surface area contributed by atoms with Gasteiger partial charge in [0, 0.05) is 12.1 Å². The molecule has 2 N–H and O–H groups in total. The number of sulfonamides is 1. The number of fused-ring (bicyclic) bond motifs is 1. The maximum Gasteiger partial charge on any atom is 0.262 e. The van der Waals surface area contributed by atoms with Gasteiger partial charge in [0.15, 0.2) is 0 Å². The summed E-state index contributed by atoms with van der Waals surface area (Å²) in [4.78, 5) is 11.7. The van der Waals surface area contributed by atoms with Crippen LogP contribution in [0.15, 0.2) is 71.6 Å². The molecular weight excluding hydrogens is 388 g/mol. The molecule has 0 aliphatic carbocycles. The van der Waals surface area contributed by atoms with Crippen LogP contribution in [0.5, 0.6) is 5.75 Å². The quantitative estimate of drug-likeness (QED) is 0.667. The Balaban J connectivity index is 1.68. The summed E-state index contributed by atoms with van der Waals surface area (Å²) in [6.07, 6.45) is 0.855. The van der Waals surface area contributed by atoms with Crippen molar-refractivity contribution in [3.63, 3.8) is 0 Å². The number of methoxy groups -OCH3 is 1. The molecule has 0 bridgehead atoms. The van der Waals surface area contributed by atoms with Crippen LogP contribution in [-0.4, -0.2) is 21.4 Å². The molecule has 1 aliphatic heterocycles. The average molecular weight is 408 g/mol. The minimum Gasteiger partial charge on any atom is -0.495 e. The van der Waals surface area contributed by atoms with Gasteiger partial charge in [-0.1, -0.05) is 36.4 Å². The Bertz CT molecular complexity index is 1170. The first kappa shape index (κ1) is 19.0. The molecule has 0 atom stereocenters. The van der Waals surface area contributed by atoms with Crippen LogP contribution in [-0.2, 0) is 21.2 Å². The lowest BCUT2D eigenvalue weighted by molar-refractivity contribution is -0.116. The van der Waals surface area contributed by atoms with Crippen molar-refractivity contribution in [2.45, 2.75) is 17.7 Å². The number of nitrogens with one attached hydrogen (secondary N) is 2. The standard InChI is InChI=1S/C22H20N2O4S/c1-28-21-11-7-16(15-5-3-2-4-6-15)14-20(21)24-29(26,27)18-9-10-19-17(13-18)8-12-22(25)23-19/h2-7,9-11,13-14,24H,8,12H2,1H3,(H,23,25). The van der Waals surface area contributed by atoms with E-state index in [-0.39, 0.29) is 10.8 Å². The van der Waals surface area contributed by atoms with Crippen LogP contribution in [0.2, 0.25) is 0 Å². The Kier molecular flexibility index (Phi) is 4.98. The highest BCUT2D eigenvalue weighted by atomic mass is 32.2. The van der Waals surface area contributed by atoms with E-state index in [4.69, 9.17) is 4.74 Å². The Morgan fingerprint density at radius 2 is 1.72 bits per heavy atom. The van der Waals surface area contributed by atoms with Crippen LogP contribution < -0.4 is 14.8 Å². The van der Waals surface area contributed by atoms with Crippen LogP contribution >= 0.6 is 0 Å². The number of aryl methyl sites for hydroxylation is 1. The Morgan fingerprint density at radius 3 is 2.48 bits per heavy atom. The molecule has 6 nitrogen and oxygen atoms in total. The fourth-order valence-electron chi connectivity index (χ4n) is 3.33. The molecule has 1 heterocycles. The fraction of sp³-hybridized carbons (Fsp3) is 0.136. The zero-order valence-electron chi connectivity index (χ0n) is 15.8. The van der Waals surface area contributed by atoms with Crippen molar-refractivity contribution in [2.24, 2.45) is 0 Å². The number of ether oxygens (including phenoxy) is 1. The second-order valence-corrected chi connectivity index (χ2v) is 8.44. The molecule has 7 heteroatoms. The van der Waals surface area contributed by atoms with Gasteiger partial charge in [-0.2, -0.15) is 0 Å². The summed E-state index contributed by atoms with van der Waals surface area (Å²) in [5.41, 5.74) is 3.67. The van der Waals surface area contributed by atoms with E-state index in [2.05, 4.69) is 10.0 Å². The van der Waals surface area contributed by atoms with Crippen molar-refractivity contribution in [3.05, 3.63) is 72.3 Å². The first-order chi connectivity index (χ1) is 14.0. The van der Waals surface area contributed by atoms with Crippen LogP contribution in [0, 0.1) is 0 Å². The molecule has 0 unspecified atom stereocenters. The predicted molar refractivity (Wildman–Crippen MR) is 113 cm³/mol. The number of carbonyl (C=O) groups excluding carboxylic acids is 1. The van der Waals surface area contributed by atoms with Gasteiger partial charge in [-0.15, -0.1) is 0 Å². The van der Waals surface area contributed by atoms with Crippen molar-refractivity contribution in [3.8, 4) is 16.9 Å². The first-order valence-corrected chi connectivity index (χ1v) is 10.6. The molecule has 0 radical (unpaired) electrons. The highest BCUT2D eigenvalue weighted by Gasteiger charge is 2.21. The molecule has 0 saturated heterocycles. The Morgan fingerprint density at radius 1 is 0.931 bits per heavy atom. The second-order valence-electron chi connectivity index (χ2n) is 6.75. The third kappa shape index (κ3) is 3.95. The molecule has 3 aromatic carbocycles. The van der Waals surface area contributed by atoms with Crippen molar-refractivity contribution < 1.29 is 17.9 Å². The minimum atomic E-state index is -3.83. The van der Waals surface area contributed by atoms with Gasteiger partial charge in [0.25, 0.3) is 10.0 Å². The largest absolute Gasteiger partial charge is 0.495 e. The average Bonchev–Trinajstić information content (AvgIpc) is 2.73. The number of hydrogen-bond acceptors (Lipinski definition) is 4. The first-order valence-electron chi connectivity index (χ1n) is 9.15. The van der Waals surface area contributed by atoms with E-state index < -0.39 is 10.0 Å². The van der Waals surface area contributed by atoms with E-state index in [1.54, 1.807) is 24.3 Å². The highest BCUT2D eigenvalue weighted by Crippen LogP contribution is 2.33. The molecule has 0 spiro atoms. The summed E-state index contributed by atoms with van der Waals surface area (Å²) >= 11 is 0. The number of carbonyl (C=O) groups is 1. The molecule has 0 saturated carbocycles. The van der Waals surface area contributed by atoms with Crippen LogP contribution in [0.4, 0.5) is 11.4 Å². The van der Waals surface area contributed by atoms with E-state index in [1.165, 1.54) is 13.2 Å². The van der Waals surface area contributed by atoms with Crippen LogP contribution in [0.25, 0.3) is 11.1 Å². The summed E-state index contributed by atoms with van der Waals surface area (Å²) in [5, 5.41) is 2.76. The number of rotatable bonds is 5. The monoisotopic (exact) mass is 408 g/mol. The number of hydrogen-bond donors (Lipinski definition) is 2. The van der Waals surface area contributed by atoms with Gasteiger partial charge in [-0.25, -0.2) is 8.42 Å². The van der Waals surface area contributed by atoms with E-state index in [0.29, 0.717) is 30.0 Å². The van der Waals surface area contributed by atoms with Crippen LogP contribution in [0.1, 0.15) is 12.0 Å². The van der Waals surface area contributed by atoms with Crippen molar-refractivity contribution >= 4 is 27.3 Å². The summed E-state index contributed by atoms with van der Waals surface area (Å²) in [6, 6.07) is 19.8. The van der Waals surface area contributed by atoms with Crippen molar-refractivity contribution in [2.75, 3.05) is 17.1 Å². The van der Waals surface area contributed by atoms with Gasteiger partial charge in [0.05, 0.1) is 17.7 Å². The molecule has 0 aromatic heterocycles. The highest BCUT2D eigenvalue weighted by molar-refractivity contribution is 7.92. The molecule has 148 valence electrons. The number of anilines is 2. The van der Waals surface area contributed by atoms with Gasteiger partial charge in [-0.3, -0.25) is 9.52 Å².